The zero-order chi connectivity index (χ0) is 15.1. The Balaban J connectivity index is 1.81. The minimum absolute atomic E-state index is 0.00699. The molecule has 1 N–H and O–H groups in total. The highest BCUT2D eigenvalue weighted by Gasteiger charge is 2.10. The van der Waals surface area contributed by atoms with Gasteiger partial charge in [0, 0.05) is 13.1 Å². The molecule has 0 spiro atoms. The number of carbonyl (C=O) groups is 1. The van der Waals surface area contributed by atoms with Crippen molar-refractivity contribution in [1.82, 2.24) is 20.1 Å². The van der Waals surface area contributed by atoms with Crippen molar-refractivity contribution in [2.75, 3.05) is 5.75 Å². The number of amides is 1. The normalized spacial score (nSPS) is 10.6. The Bertz CT molecular complexity index is 583. The summed E-state index contributed by atoms with van der Waals surface area (Å²) in [6, 6.07) is 9.88. The molecule has 2 rings (SSSR count). The molecule has 1 aromatic heterocycles. The number of benzene rings is 1. The largest absolute Gasteiger partial charge is 0.351 e. The summed E-state index contributed by atoms with van der Waals surface area (Å²) in [6.45, 7) is 5.48. The quantitative estimate of drug-likeness (QED) is 0.798. The zero-order valence-corrected chi connectivity index (χ0v) is 13.2. The predicted octanol–water partition coefficient (Wildman–Crippen LogP) is 2.41. The Morgan fingerprint density at radius 1 is 1.29 bits per heavy atom. The maximum Gasteiger partial charge on any atom is 0.230 e. The van der Waals surface area contributed by atoms with E-state index in [4.69, 9.17) is 0 Å². The number of aryl methyl sites for hydroxylation is 1. The van der Waals surface area contributed by atoms with Crippen molar-refractivity contribution < 1.29 is 4.79 Å². The molecule has 0 radical (unpaired) electrons. The van der Waals surface area contributed by atoms with Crippen molar-refractivity contribution in [3.63, 3.8) is 0 Å². The minimum atomic E-state index is 0.00699. The first kappa shape index (κ1) is 15.6. The number of nitrogens with zero attached hydrogens (tertiary/aromatic N) is 3. The maximum absolute atomic E-state index is 11.9. The SMILES string of the molecule is CCCn1c(C)nnc1SCC(=O)NCc1ccccc1. The number of rotatable bonds is 7. The number of aromatic nitrogens is 3. The Labute approximate surface area is 129 Å². The van der Waals surface area contributed by atoms with Gasteiger partial charge in [-0.1, -0.05) is 49.0 Å². The second kappa shape index (κ2) is 7.83. The summed E-state index contributed by atoms with van der Waals surface area (Å²) in [7, 11) is 0. The predicted molar refractivity (Wildman–Crippen MR) is 84.1 cm³/mol. The fourth-order valence-corrected chi connectivity index (χ4v) is 2.77. The molecule has 0 saturated carbocycles. The average Bonchev–Trinajstić information content (AvgIpc) is 2.85. The summed E-state index contributed by atoms with van der Waals surface area (Å²) in [4.78, 5) is 11.9. The Morgan fingerprint density at radius 2 is 2.05 bits per heavy atom. The molecule has 0 aliphatic rings. The van der Waals surface area contributed by atoms with Crippen LogP contribution in [0.3, 0.4) is 0 Å². The second-order valence-electron chi connectivity index (χ2n) is 4.73. The van der Waals surface area contributed by atoms with Gasteiger partial charge in [-0.05, 0) is 18.9 Å². The van der Waals surface area contributed by atoms with Crippen LogP contribution in [0.4, 0.5) is 0 Å². The van der Waals surface area contributed by atoms with E-state index >= 15 is 0 Å². The van der Waals surface area contributed by atoms with E-state index in [2.05, 4.69) is 27.0 Å². The van der Waals surface area contributed by atoms with E-state index in [-0.39, 0.29) is 5.91 Å². The molecule has 5 nitrogen and oxygen atoms in total. The van der Waals surface area contributed by atoms with Crippen LogP contribution in [-0.4, -0.2) is 26.4 Å². The van der Waals surface area contributed by atoms with Gasteiger partial charge in [-0.15, -0.1) is 10.2 Å². The van der Waals surface area contributed by atoms with E-state index in [0.29, 0.717) is 12.3 Å². The van der Waals surface area contributed by atoms with E-state index in [1.807, 2.05) is 37.3 Å². The first-order chi connectivity index (χ1) is 10.2. The summed E-state index contributed by atoms with van der Waals surface area (Å²) < 4.78 is 2.05. The fourth-order valence-electron chi connectivity index (χ4n) is 1.93. The number of nitrogens with one attached hydrogen (secondary N) is 1. The summed E-state index contributed by atoms with van der Waals surface area (Å²) in [5.41, 5.74) is 1.10. The van der Waals surface area contributed by atoms with Crippen LogP contribution in [-0.2, 0) is 17.9 Å². The van der Waals surface area contributed by atoms with E-state index in [1.165, 1.54) is 11.8 Å². The molecule has 0 atom stereocenters. The molecule has 0 bridgehead atoms. The molecule has 0 unspecified atom stereocenters. The Morgan fingerprint density at radius 3 is 2.76 bits per heavy atom. The summed E-state index contributed by atoms with van der Waals surface area (Å²) in [5, 5.41) is 11.9. The van der Waals surface area contributed by atoms with Gasteiger partial charge in [-0.2, -0.15) is 0 Å². The van der Waals surface area contributed by atoms with Crippen molar-refractivity contribution in [2.45, 2.75) is 38.5 Å². The molecule has 0 aliphatic carbocycles. The summed E-state index contributed by atoms with van der Waals surface area (Å²) in [6.07, 6.45) is 1.02. The smallest absolute Gasteiger partial charge is 0.230 e. The molecule has 0 saturated heterocycles. The Hall–Kier alpha value is -1.82. The molecule has 1 heterocycles. The van der Waals surface area contributed by atoms with E-state index < -0.39 is 0 Å². The van der Waals surface area contributed by atoms with Gasteiger partial charge in [-0.3, -0.25) is 4.79 Å². The van der Waals surface area contributed by atoms with Crippen LogP contribution in [0.5, 0.6) is 0 Å². The van der Waals surface area contributed by atoms with E-state index in [0.717, 1.165) is 29.5 Å². The lowest BCUT2D eigenvalue weighted by molar-refractivity contribution is -0.118. The maximum atomic E-state index is 11.9. The molecule has 1 amide bonds. The molecule has 112 valence electrons. The van der Waals surface area contributed by atoms with Crippen LogP contribution in [0.1, 0.15) is 24.7 Å². The third-order valence-electron chi connectivity index (χ3n) is 3.01. The lowest BCUT2D eigenvalue weighted by atomic mass is 10.2. The van der Waals surface area contributed by atoms with Crippen molar-refractivity contribution in [2.24, 2.45) is 0 Å². The molecule has 0 aliphatic heterocycles. The van der Waals surface area contributed by atoms with Crippen molar-refractivity contribution in [1.29, 1.82) is 0 Å². The molecular weight excluding hydrogens is 284 g/mol. The number of carbonyl (C=O) groups excluding carboxylic acids is 1. The molecule has 6 heteroatoms. The van der Waals surface area contributed by atoms with Crippen LogP contribution >= 0.6 is 11.8 Å². The summed E-state index contributed by atoms with van der Waals surface area (Å²) in [5.74, 6) is 1.26. The van der Waals surface area contributed by atoms with Crippen LogP contribution in [0.15, 0.2) is 35.5 Å². The van der Waals surface area contributed by atoms with E-state index in [1.54, 1.807) is 0 Å². The van der Waals surface area contributed by atoms with Crippen LogP contribution < -0.4 is 5.32 Å². The van der Waals surface area contributed by atoms with Gasteiger partial charge in [0.15, 0.2) is 5.16 Å². The third kappa shape index (κ3) is 4.60. The van der Waals surface area contributed by atoms with Gasteiger partial charge in [0.25, 0.3) is 0 Å². The lowest BCUT2D eigenvalue weighted by Gasteiger charge is -2.07. The van der Waals surface area contributed by atoms with Gasteiger partial charge >= 0.3 is 0 Å². The number of hydrogen-bond acceptors (Lipinski definition) is 4. The molecule has 1 aromatic carbocycles. The highest BCUT2D eigenvalue weighted by molar-refractivity contribution is 7.99. The third-order valence-corrected chi connectivity index (χ3v) is 3.98. The lowest BCUT2D eigenvalue weighted by Crippen LogP contribution is -2.24. The van der Waals surface area contributed by atoms with Crippen LogP contribution in [0.25, 0.3) is 0 Å². The highest BCUT2D eigenvalue weighted by atomic mass is 32.2. The van der Waals surface area contributed by atoms with Gasteiger partial charge < -0.3 is 9.88 Å². The first-order valence-electron chi connectivity index (χ1n) is 7.04. The standard InChI is InChI=1S/C15H20N4OS/c1-3-9-19-12(2)17-18-15(19)21-11-14(20)16-10-13-7-5-4-6-8-13/h4-8H,3,9-11H2,1-2H3,(H,16,20). The minimum Gasteiger partial charge on any atom is -0.351 e. The monoisotopic (exact) mass is 304 g/mol. The highest BCUT2D eigenvalue weighted by Crippen LogP contribution is 2.16. The number of thioether (sulfide) groups is 1. The Kier molecular flexibility index (Phi) is 5.80. The van der Waals surface area contributed by atoms with Crippen LogP contribution in [0.2, 0.25) is 0 Å². The van der Waals surface area contributed by atoms with Crippen molar-refractivity contribution in [3.05, 3.63) is 41.7 Å². The molecule has 0 fully saturated rings. The van der Waals surface area contributed by atoms with Gasteiger partial charge in [0.2, 0.25) is 5.91 Å². The topological polar surface area (TPSA) is 59.8 Å². The molecule has 21 heavy (non-hydrogen) atoms. The average molecular weight is 304 g/mol. The van der Waals surface area contributed by atoms with Crippen LogP contribution in [0, 0.1) is 6.92 Å². The van der Waals surface area contributed by atoms with Gasteiger partial charge in [0.05, 0.1) is 5.75 Å². The molecular formula is C15H20N4OS. The van der Waals surface area contributed by atoms with E-state index in [9.17, 15) is 4.79 Å². The first-order valence-corrected chi connectivity index (χ1v) is 8.02. The summed E-state index contributed by atoms with van der Waals surface area (Å²) >= 11 is 1.43. The van der Waals surface area contributed by atoms with Crippen molar-refractivity contribution >= 4 is 17.7 Å². The fraction of sp³-hybridized carbons (Fsp3) is 0.400. The van der Waals surface area contributed by atoms with Crippen molar-refractivity contribution in [3.8, 4) is 0 Å². The van der Waals surface area contributed by atoms with Gasteiger partial charge in [-0.25, -0.2) is 0 Å². The number of hydrogen-bond donors (Lipinski definition) is 1. The van der Waals surface area contributed by atoms with Gasteiger partial charge in [0.1, 0.15) is 5.82 Å². The second-order valence-corrected chi connectivity index (χ2v) is 5.67. The zero-order valence-electron chi connectivity index (χ0n) is 12.4. The molecule has 2 aromatic rings.